The normalized spacial score (nSPS) is 12.0. The lowest BCUT2D eigenvalue weighted by Gasteiger charge is -2.08. The minimum Gasteiger partial charge on any atom is -0.497 e. The molecule has 0 saturated heterocycles. The average molecular weight is 532 g/mol. The van der Waals surface area contributed by atoms with Crippen molar-refractivity contribution in [1.29, 1.82) is 5.26 Å². The first kappa shape index (κ1) is 25.8. The van der Waals surface area contributed by atoms with Crippen LogP contribution >= 0.6 is 22.9 Å². The second kappa shape index (κ2) is 11.2. The van der Waals surface area contributed by atoms with Gasteiger partial charge in [0.25, 0.3) is 11.5 Å². The summed E-state index contributed by atoms with van der Waals surface area (Å²) in [5.74, 6) is 0.453. The number of amides is 1. The zero-order chi connectivity index (χ0) is 26.5. The first-order valence-electron chi connectivity index (χ1n) is 11.1. The van der Waals surface area contributed by atoms with Crippen LogP contribution in [0.3, 0.4) is 0 Å². The maximum Gasteiger partial charge on any atom is 0.273 e. The van der Waals surface area contributed by atoms with Crippen molar-refractivity contribution in [3.63, 3.8) is 0 Å². The lowest BCUT2D eigenvalue weighted by atomic mass is 10.1. The fourth-order valence-corrected chi connectivity index (χ4v) is 4.99. The van der Waals surface area contributed by atoms with Gasteiger partial charge in [0, 0.05) is 5.56 Å². The van der Waals surface area contributed by atoms with E-state index in [-0.39, 0.29) is 15.8 Å². The molecule has 0 atom stereocenters. The van der Waals surface area contributed by atoms with E-state index >= 15 is 0 Å². The zero-order valence-corrected chi connectivity index (χ0v) is 21.8. The minimum atomic E-state index is -0.676. The summed E-state index contributed by atoms with van der Waals surface area (Å²) in [6.45, 7) is 1.85. The fourth-order valence-electron chi connectivity index (χ4n) is 3.72. The molecular weight excluding hydrogens is 510 g/mol. The second-order valence-electron chi connectivity index (χ2n) is 7.87. The van der Waals surface area contributed by atoms with Crippen molar-refractivity contribution in [3.8, 4) is 23.3 Å². The van der Waals surface area contributed by atoms with Crippen molar-refractivity contribution in [2.45, 2.75) is 6.92 Å². The molecule has 1 heterocycles. The number of para-hydroxylation sites is 2. The summed E-state index contributed by atoms with van der Waals surface area (Å²) >= 11 is 7.23. The highest BCUT2D eigenvalue weighted by Crippen LogP contribution is 2.24. The average Bonchev–Trinajstić information content (AvgIpc) is 3.21. The molecule has 0 saturated carbocycles. The lowest BCUT2D eigenvalue weighted by molar-refractivity contribution is -0.111. The van der Waals surface area contributed by atoms with Crippen LogP contribution in [-0.2, 0) is 4.79 Å². The Bertz CT molecular complexity index is 1720. The molecule has 186 valence electrons. The maximum absolute atomic E-state index is 13.8. The SMILES string of the molecule is COc1ccc(OC)c(C=c2sc(=C(C#N)C(=O)Nc3ccccc3Cl)n(-c3ccccc3C)c2=O)c1. The number of carbonyl (C=O) groups is 1. The highest BCUT2D eigenvalue weighted by atomic mass is 35.5. The van der Waals surface area contributed by atoms with Gasteiger partial charge in [0.1, 0.15) is 22.2 Å². The Morgan fingerprint density at radius 3 is 2.49 bits per heavy atom. The van der Waals surface area contributed by atoms with Gasteiger partial charge >= 0.3 is 0 Å². The summed E-state index contributed by atoms with van der Waals surface area (Å²) in [5.41, 5.74) is 1.74. The highest BCUT2D eigenvalue weighted by Gasteiger charge is 2.19. The van der Waals surface area contributed by atoms with E-state index in [1.807, 2.05) is 25.1 Å². The number of aryl methyl sites for hydroxylation is 1. The number of thiazole rings is 1. The quantitative estimate of drug-likeness (QED) is 0.405. The van der Waals surface area contributed by atoms with E-state index in [0.717, 1.165) is 16.9 Å². The Balaban J connectivity index is 2.02. The summed E-state index contributed by atoms with van der Waals surface area (Å²) in [7, 11) is 3.08. The van der Waals surface area contributed by atoms with E-state index in [9.17, 15) is 14.9 Å². The van der Waals surface area contributed by atoms with Crippen LogP contribution in [0.25, 0.3) is 17.3 Å². The van der Waals surface area contributed by atoms with Gasteiger partial charge in [0.15, 0.2) is 5.57 Å². The summed E-state index contributed by atoms with van der Waals surface area (Å²) in [5, 5.41) is 13.0. The summed E-state index contributed by atoms with van der Waals surface area (Å²) < 4.78 is 12.7. The number of methoxy groups -OCH3 is 2. The molecule has 0 aliphatic rings. The van der Waals surface area contributed by atoms with Crippen LogP contribution in [0, 0.1) is 18.3 Å². The number of halogens is 1. The number of carbonyl (C=O) groups excluding carboxylic acids is 1. The third-order valence-electron chi connectivity index (χ3n) is 5.58. The van der Waals surface area contributed by atoms with E-state index < -0.39 is 5.91 Å². The van der Waals surface area contributed by atoms with Crippen molar-refractivity contribution < 1.29 is 14.3 Å². The summed E-state index contributed by atoms with van der Waals surface area (Å²) in [6, 6.07) is 21.2. The number of hydrogen-bond donors (Lipinski definition) is 1. The molecule has 4 rings (SSSR count). The summed E-state index contributed by atoms with van der Waals surface area (Å²) in [4.78, 5) is 27.0. The monoisotopic (exact) mass is 531 g/mol. The van der Waals surface area contributed by atoms with Gasteiger partial charge < -0.3 is 14.8 Å². The van der Waals surface area contributed by atoms with Gasteiger partial charge in [-0.15, -0.1) is 11.3 Å². The molecule has 0 spiro atoms. The maximum atomic E-state index is 13.8. The molecule has 0 unspecified atom stereocenters. The number of anilines is 1. The molecule has 9 heteroatoms. The molecule has 0 aliphatic carbocycles. The molecule has 1 amide bonds. The lowest BCUT2D eigenvalue weighted by Crippen LogP contribution is -2.32. The van der Waals surface area contributed by atoms with Gasteiger partial charge in [0.2, 0.25) is 0 Å². The van der Waals surface area contributed by atoms with Crippen LogP contribution in [0.15, 0.2) is 71.5 Å². The molecule has 0 fully saturated rings. The molecule has 7 nitrogen and oxygen atoms in total. The molecular formula is C28H22ClN3O4S. The summed E-state index contributed by atoms with van der Waals surface area (Å²) in [6.07, 6.45) is 1.66. The second-order valence-corrected chi connectivity index (χ2v) is 9.31. The molecule has 37 heavy (non-hydrogen) atoms. The zero-order valence-electron chi connectivity index (χ0n) is 20.2. The molecule has 0 radical (unpaired) electrons. The van der Waals surface area contributed by atoms with Crippen molar-refractivity contribution >= 4 is 46.2 Å². The Hall–Kier alpha value is -4.32. The Morgan fingerprint density at radius 1 is 1.08 bits per heavy atom. The third-order valence-corrected chi connectivity index (χ3v) is 7.00. The van der Waals surface area contributed by atoms with Crippen LogP contribution in [0.4, 0.5) is 5.69 Å². The predicted molar refractivity (Wildman–Crippen MR) is 146 cm³/mol. The number of ether oxygens (including phenoxy) is 2. The van der Waals surface area contributed by atoms with Gasteiger partial charge in [0.05, 0.1) is 35.1 Å². The number of nitriles is 1. The highest BCUT2D eigenvalue weighted by molar-refractivity contribution is 7.07. The van der Waals surface area contributed by atoms with E-state index in [1.54, 1.807) is 67.8 Å². The Labute approximate surface area is 222 Å². The largest absolute Gasteiger partial charge is 0.497 e. The van der Waals surface area contributed by atoms with Gasteiger partial charge in [-0.1, -0.05) is 41.9 Å². The first-order chi connectivity index (χ1) is 17.9. The first-order valence-corrected chi connectivity index (χ1v) is 12.3. The predicted octanol–water partition coefficient (Wildman–Crippen LogP) is 4.02. The van der Waals surface area contributed by atoms with Crippen LogP contribution in [0.5, 0.6) is 11.5 Å². The van der Waals surface area contributed by atoms with Gasteiger partial charge in [-0.2, -0.15) is 5.26 Å². The van der Waals surface area contributed by atoms with Crippen LogP contribution in [-0.4, -0.2) is 24.7 Å². The van der Waals surface area contributed by atoms with Crippen LogP contribution in [0.1, 0.15) is 11.1 Å². The molecule has 1 aromatic heterocycles. The topological polar surface area (TPSA) is 93.3 Å². The number of benzene rings is 3. The number of hydrogen-bond acceptors (Lipinski definition) is 6. The van der Waals surface area contributed by atoms with Crippen molar-refractivity contribution in [2.75, 3.05) is 19.5 Å². The molecule has 4 aromatic rings. The number of nitrogens with zero attached hydrogens (tertiary/aromatic N) is 2. The van der Waals surface area contributed by atoms with Crippen molar-refractivity contribution in [3.05, 3.63) is 102 Å². The Morgan fingerprint density at radius 2 is 1.81 bits per heavy atom. The molecule has 0 bridgehead atoms. The van der Waals surface area contributed by atoms with Crippen molar-refractivity contribution in [1.82, 2.24) is 4.57 Å². The van der Waals surface area contributed by atoms with Gasteiger partial charge in [-0.3, -0.25) is 14.2 Å². The molecule has 0 aliphatic heterocycles. The van der Waals surface area contributed by atoms with Gasteiger partial charge in [-0.25, -0.2) is 0 Å². The van der Waals surface area contributed by atoms with Gasteiger partial charge in [-0.05, 0) is 55.0 Å². The Kier molecular flexibility index (Phi) is 7.77. The smallest absolute Gasteiger partial charge is 0.273 e. The van der Waals surface area contributed by atoms with Crippen LogP contribution in [0.2, 0.25) is 5.02 Å². The van der Waals surface area contributed by atoms with E-state index in [2.05, 4.69) is 5.32 Å². The number of nitrogens with one attached hydrogen (secondary N) is 1. The van der Waals surface area contributed by atoms with E-state index in [1.165, 1.54) is 11.7 Å². The van der Waals surface area contributed by atoms with Crippen LogP contribution < -0.4 is 29.5 Å². The van der Waals surface area contributed by atoms with E-state index in [0.29, 0.717) is 38.0 Å². The van der Waals surface area contributed by atoms with E-state index in [4.69, 9.17) is 21.1 Å². The van der Waals surface area contributed by atoms with Crippen molar-refractivity contribution in [2.24, 2.45) is 0 Å². The minimum absolute atomic E-state index is 0.194. The fraction of sp³-hybridized carbons (Fsp3) is 0.107. The molecule has 1 N–H and O–H groups in total. The molecule has 3 aromatic carbocycles. The number of rotatable bonds is 6. The standard InChI is InChI=1S/C28H22ClN3O4S/c1-17-8-4-7-11-23(17)32-27(34)25(15-18-14-19(35-2)12-13-24(18)36-3)37-28(32)20(16-30)26(33)31-22-10-6-5-9-21(22)29/h4-15H,1-3H3,(H,31,33). The number of aromatic nitrogens is 1. The third kappa shape index (κ3) is 5.28.